The van der Waals surface area contributed by atoms with Gasteiger partial charge in [-0.3, -0.25) is 0 Å². The van der Waals surface area contributed by atoms with Gasteiger partial charge in [0, 0.05) is 6.04 Å². The van der Waals surface area contributed by atoms with Crippen molar-refractivity contribution in [1.82, 2.24) is 5.32 Å². The Bertz CT molecular complexity index is 571. The lowest BCUT2D eigenvalue weighted by molar-refractivity contribution is 0.354. The smallest absolute Gasteiger partial charge is 0.161 e. The summed E-state index contributed by atoms with van der Waals surface area (Å²) in [4.78, 5) is 0. The van der Waals surface area contributed by atoms with E-state index in [0.29, 0.717) is 24.5 Å². The molecule has 1 aromatic carbocycles. The predicted molar refractivity (Wildman–Crippen MR) is 78.2 cm³/mol. The SMILES string of the molecule is COc1ccc(C2CS(=O)(=O)C(C)CCN2)cc1OC. The standard InChI is InChI=1S/C14H21NO4S/c1-10-6-7-15-12(9-20(10,16)17)11-4-5-13(18-2)14(8-11)19-3/h4-5,8,10,12,15H,6-7,9H2,1-3H3. The van der Waals surface area contributed by atoms with Crippen LogP contribution in [0, 0.1) is 0 Å². The molecule has 112 valence electrons. The van der Waals surface area contributed by atoms with E-state index in [9.17, 15) is 8.42 Å². The lowest BCUT2D eigenvalue weighted by Gasteiger charge is -2.18. The van der Waals surface area contributed by atoms with E-state index in [4.69, 9.17) is 9.47 Å². The van der Waals surface area contributed by atoms with Gasteiger partial charge in [0.15, 0.2) is 21.3 Å². The lowest BCUT2D eigenvalue weighted by atomic mass is 10.1. The van der Waals surface area contributed by atoms with Crippen molar-refractivity contribution in [3.63, 3.8) is 0 Å². The molecule has 0 aliphatic carbocycles. The molecule has 0 spiro atoms. The maximum atomic E-state index is 12.2. The van der Waals surface area contributed by atoms with Gasteiger partial charge >= 0.3 is 0 Å². The zero-order valence-electron chi connectivity index (χ0n) is 12.0. The van der Waals surface area contributed by atoms with Crippen LogP contribution in [-0.2, 0) is 9.84 Å². The first-order chi connectivity index (χ1) is 9.47. The monoisotopic (exact) mass is 299 g/mol. The fraction of sp³-hybridized carbons (Fsp3) is 0.571. The first-order valence-corrected chi connectivity index (χ1v) is 8.36. The average molecular weight is 299 g/mol. The van der Waals surface area contributed by atoms with E-state index in [1.165, 1.54) is 0 Å². The average Bonchev–Trinajstić information content (AvgIpc) is 2.57. The number of ether oxygens (including phenoxy) is 2. The number of sulfone groups is 1. The molecule has 1 heterocycles. The number of hydrogen-bond acceptors (Lipinski definition) is 5. The van der Waals surface area contributed by atoms with Gasteiger partial charge in [-0.2, -0.15) is 0 Å². The van der Waals surface area contributed by atoms with E-state index >= 15 is 0 Å². The maximum Gasteiger partial charge on any atom is 0.161 e. The van der Waals surface area contributed by atoms with Crippen molar-refractivity contribution in [3.8, 4) is 11.5 Å². The Kier molecular flexibility index (Phi) is 4.55. The van der Waals surface area contributed by atoms with Crippen LogP contribution < -0.4 is 14.8 Å². The van der Waals surface area contributed by atoms with E-state index in [1.807, 2.05) is 12.1 Å². The first kappa shape index (κ1) is 15.1. The Hall–Kier alpha value is -1.27. The Morgan fingerprint density at radius 3 is 2.55 bits per heavy atom. The quantitative estimate of drug-likeness (QED) is 0.917. The molecule has 6 heteroatoms. The van der Waals surface area contributed by atoms with Crippen LogP contribution in [0.2, 0.25) is 0 Å². The summed E-state index contributed by atoms with van der Waals surface area (Å²) in [6.07, 6.45) is 0.645. The molecule has 0 amide bonds. The van der Waals surface area contributed by atoms with Crippen LogP contribution >= 0.6 is 0 Å². The van der Waals surface area contributed by atoms with Crippen LogP contribution in [0.4, 0.5) is 0 Å². The van der Waals surface area contributed by atoms with E-state index in [1.54, 1.807) is 27.2 Å². The number of nitrogens with one attached hydrogen (secondary N) is 1. The van der Waals surface area contributed by atoms with Gasteiger partial charge < -0.3 is 14.8 Å². The molecule has 1 aromatic rings. The molecule has 20 heavy (non-hydrogen) atoms. The van der Waals surface area contributed by atoms with Crippen molar-refractivity contribution < 1.29 is 17.9 Å². The summed E-state index contributed by atoms with van der Waals surface area (Å²) in [6, 6.07) is 5.31. The number of hydrogen-bond donors (Lipinski definition) is 1. The van der Waals surface area contributed by atoms with Gasteiger partial charge in [-0.25, -0.2) is 8.42 Å². The number of methoxy groups -OCH3 is 2. The highest BCUT2D eigenvalue weighted by Crippen LogP contribution is 2.31. The van der Waals surface area contributed by atoms with Crippen LogP contribution in [0.15, 0.2) is 18.2 Å². The van der Waals surface area contributed by atoms with Gasteiger partial charge in [-0.05, 0) is 37.6 Å². The Labute approximate surface area is 120 Å². The summed E-state index contributed by atoms with van der Waals surface area (Å²) < 4.78 is 34.8. The molecular weight excluding hydrogens is 278 g/mol. The van der Waals surface area contributed by atoms with Gasteiger partial charge in [0.25, 0.3) is 0 Å². The van der Waals surface area contributed by atoms with Gasteiger partial charge in [0.2, 0.25) is 0 Å². The predicted octanol–water partition coefficient (Wildman–Crippen LogP) is 1.54. The molecule has 2 unspecified atom stereocenters. The third-order valence-corrected chi connectivity index (χ3v) is 6.02. The van der Waals surface area contributed by atoms with E-state index in [0.717, 1.165) is 5.56 Å². The molecule has 1 saturated heterocycles. The zero-order valence-corrected chi connectivity index (χ0v) is 12.9. The third kappa shape index (κ3) is 3.07. The molecule has 2 rings (SSSR count). The molecule has 0 radical (unpaired) electrons. The highest BCUT2D eigenvalue weighted by atomic mass is 32.2. The first-order valence-electron chi connectivity index (χ1n) is 6.65. The number of benzene rings is 1. The minimum atomic E-state index is -3.07. The minimum Gasteiger partial charge on any atom is -0.493 e. The van der Waals surface area contributed by atoms with Crippen LogP contribution in [0.1, 0.15) is 24.9 Å². The van der Waals surface area contributed by atoms with Crippen LogP contribution in [-0.4, -0.2) is 40.2 Å². The molecule has 0 aromatic heterocycles. The van der Waals surface area contributed by atoms with Crippen molar-refractivity contribution in [3.05, 3.63) is 23.8 Å². The topological polar surface area (TPSA) is 64.6 Å². The van der Waals surface area contributed by atoms with Crippen molar-refractivity contribution >= 4 is 9.84 Å². The maximum absolute atomic E-state index is 12.2. The molecule has 5 nitrogen and oxygen atoms in total. The van der Waals surface area contributed by atoms with Crippen LogP contribution in [0.5, 0.6) is 11.5 Å². The van der Waals surface area contributed by atoms with Gasteiger partial charge in [0.05, 0.1) is 25.2 Å². The van der Waals surface area contributed by atoms with Gasteiger partial charge in [-0.15, -0.1) is 0 Å². The second-order valence-corrected chi connectivity index (χ2v) is 7.51. The lowest BCUT2D eigenvalue weighted by Crippen LogP contribution is -2.26. The fourth-order valence-corrected chi connectivity index (χ4v) is 3.96. The van der Waals surface area contributed by atoms with Gasteiger partial charge in [0.1, 0.15) is 0 Å². The Morgan fingerprint density at radius 1 is 1.20 bits per heavy atom. The molecule has 1 aliphatic rings. The molecule has 2 atom stereocenters. The molecule has 1 aliphatic heterocycles. The second-order valence-electron chi connectivity index (χ2n) is 5.05. The molecule has 1 N–H and O–H groups in total. The van der Waals surface area contributed by atoms with Crippen LogP contribution in [0.3, 0.4) is 0 Å². The van der Waals surface area contributed by atoms with Crippen molar-refractivity contribution in [2.24, 2.45) is 0 Å². The molecular formula is C14H21NO4S. The highest BCUT2D eigenvalue weighted by molar-refractivity contribution is 7.92. The van der Waals surface area contributed by atoms with E-state index < -0.39 is 9.84 Å². The van der Waals surface area contributed by atoms with E-state index in [2.05, 4.69) is 5.32 Å². The van der Waals surface area contributed by atoms with Crippen molar-refractivity contribution in [2.45, 2.75) is 24.6 Å². The summed E-state index contributed by atoms with van der Waals surface area (Å²) in [5, 5.41) is 3.01. The van der Waals surface area contributed by atoms with Crippen molar-refractivity contribution in [2.75, 3.05) is 26.5 Å². The Balaban J connectivity index is 2.31. The summed E-state index contributed by atoms with van der Waals surface area (Å²) in [5.74, 6) is 1.37. The summed E-state index contributed by atoms with van der Waals surface area (Å²) in [5.41, 5.74) is 0.903. The van der Waals surface area contributed by atoms with Gasteiger partial charge in [-0.1, -0.05) is 6.07 Å². The summed E-state index contributed by atoms with van der Waals surface area (Å²) in [7, 11) is 0.0823. The highest BCUT2D eigenvalue weighted by Gasteiger charge is 2.29. The normalized spacial score (nSPS) is 25.8. The largest absolute Gasteiger partial charge is 0.493 e. The van der Waals surface area contributed by atoms with Crippen molar-refractivity contribution in [1.29, 1.82) is 0 Å². The third-order valence-electron chi connectivity index (χ3n) is 3.76. The van der Waals surface area contributed by atoms with E-state index in [-0.39, 0.29) is 17.0 Å². The summed E-state index contributed by atoms with van der Waals surface area (Å²) >= 11 is 0. The Morgan fingerprint density at radius 2 is 1.90 bits per heavy atom. The molecule has 1 fully saturated rings. The van der Waals surface area contributed by atoms with Crippen LogP contribution in [0.25, 0.3) is 0 Å². The number of rotatable bonds is 3. The molecule has 0 saturated carbocycles. The summed E-state index contributed by atoms with van der Waals surface area (Å²) in [6.45, 7) is 2.47. The minimum absolute atomic E-state index is 0.115. The zero-order chi connectivity index (χ0) is 14.8. The second kappa shape index (κ2) is 6.01. The fourth-order valence-electron chi connectivity index (χ4n) is 2.38. The molecule has 0 bridgehead atoms.